The number of nitrogens with zero attached hydrogens (tertiary/aromatic N) is 3. The highest BCUT2D eigenvalue weighted by atomic mass is 19.1. The molecule has 1 fully saturated rings. The minimum Gasteiger partial charge on any atom is -0.481 e. The predicted molar refractivity (Wildman–Crippen MR) is 137 cm³/mol. The molecule has 2 amide bonds. The molecule has 1 aliphatic heterocycles. The lowest BCUT2D eigenvalue weighted by atomic mass is 9.94. The lowest BCUT2D eigenvalue weighted by molar-refractivity contribution is -0.127. The number of nitrogen functional groups attached to an aromatic ring is 1. The molecule has 1 aromatic carbocycles. The summed E-state index contributed by atoms with van der Waals surface area (Å²) in [6.45, 7) is 4.39. The zero-order chi connectivity index (χ0) is 26.7. The van der Waals surface area contributed by atoms with Crippen LogP contribution in [-0.4, -0.2) is 57.8 Å². The lowest BCUT2D eigenvalue weighted by Gasteiger charge is -2.31. The third-order valence-electron chi connectivity index (χ3n) is 6.62. The monoisotopic (exact) mass is 507 g/mol. The van der Waals surface area contributed by atoms with Gasteiger partial charge in [-0.1, -0.05) is 6.07 Å². The normalized spacial score (nSPS) is 14.8. The summed E-state index contributed by atoms with van der Waals surface area (Å²) < 4.78 is 19.3. The summed E-state index contributed by atoms with van der Waals surface area (Å²) in [5, 5.41) is 17.7. The molecule has 5 N–H and O–H groups in total. The van der Waals surface area contributed by atoms with E-state index >= 15 is 0 Å². The Hall–Kier alpha value is -4.28. The van der Waals surface area contributed by atoms with E-state index in [1.165, 1.54) is 19.2 Å². The Balaban J connectivity index is 1.35. The van der Waals surface area contributed by atoms with E-state index in [1.807, 2.05) is 19.1 Å². The smallest absolute Gasteiger partial charge is 0.271 e. The molecule has 1 aliphatic rings. The van der Waals surface area contributed by atoms with Crippen molar-refractivity contribution in [2.75, 3.05) is 25.9 Å². The van der Waals surface area contributed by atoms with Gasteiger partial charge in [0, 0.05) is 47.6 Å². The number of ether oxygens (including phenoxy) is 1. The van der Waals surface area contributed by atoms with Crippen LogP contribution in [0.1, 0.15) is 54.3 Å². The summed E-state index contributed by atoms with van der Waals surface area (Å²) in [5.74, 6) is -0.890. The Morgan fingerprint density at radius 2 is 2.00 bits per heavy atom. The summed E-state index contributed by atoms with van der Waals surface area (Å²) in [6, 6.07) is 8.09. The molecule has 194 valence electrons. The molecule has 3 aromatic rings. The molecule has 11 heteroatoms. The Morgan fingerprint density at radius 3 is 2.68 bits per heavy atom. The first kappa shape index (κ1) is 25.8. The van der Waals surface area contributed by atoms with Crippen LogP contribution < -0.4 is 15.8 Å². The molecule has 0 aliphatic carbocycles. The second kappa shape index (κ2) is 10.8. The Bertz CT molecular complexity index is 1330. The van der Waals surface area contributed by atoms with Crippen LogP contribution in [-0.2, 0) is 4.79 Å². The van der Waals surface area contributed by atoms with Gasteiger partial charge in [0.1, 0.15) is 5.69 Å². The molecular formula is C26H30FN7O3. The van der Waals surface area contributed by atoms with Crippen molar-refractivity contribution >= 4 is 23.2 Å². The summed E-state index contributed by atoms with van der Waals surface area (Å²) >= 11 is 0. The largest absolute Gasteiger partial charge is 0.481 e. The van der Waals surface area contributed by atoms with Gasteiger partial charge in [-0.2, -0.15) is 5.10 Å². The maximum Gasteiger partial charge on any atom is 0.271 e. The van der Waals surface area contributed by atoms with Crippen LogP contribution in [0.5, 0.6) is 5.88 Å². The zero-order valence-corrected chi connectivity index (χ0v) is 21.0. The van der Waals surface area contributed by atoms with Crippen LogP contribution >= 0.6 is 0 Å². The number of aromatic amines is 1. The minimum atomic E-state index is -0.574. The number of carbonyl (C=O) groups excluding carboxylic acids is 2. The third kappa shape index (κ3) is 5.60. The number of rotatable bonds is 7. The van der Waals surface area contributed by atoms with Crippen molar-refractivity contribution in [2.24, 2.45) is 5.92 Å². The van der Waals surface area contributed by atoms with Gasteiger partial charge in [0.05, 0.1) is 25.0 Å². The number of H-pyrrole nitrogens is 1. The molecule has 2 aromatic heterocycles. The Labute approximate surface area is 213 Å². The van der Waals surface area contributed by atoms with Gasteiger partial charge in [-0.25, -0.2) is 9.37 Å². The third-order valence-corrected chi connectivity index (χ3v) is 6.62. The van der Waals surface area contributed by atoms with Crippen molar-refractivity contribution in [1.29, 1.82) is 5.41 Å². The Kier molecular flexibility index (Phi) is 7.51. The van der Waals surface area contributed by atoms with Gasteiger partial charge >= 0.3 is 0 Å². The van der Waals surface area contributed by atoms with E-state index in [9.17, 15) is 14.0 Å². The van der Waals surface area contributed by atoms with Crippen LogP contribution in [0.15, 0.2) is 36.5 Å². The minimum absolute atomic E-state index is 0.0736. The van der Waals surface area contributed by atoms with Gasteiger partial charge in [-0.3, -0.25) is 14.7 Å². The average Bonchev–Trinajstić information content (AvgIpc) is 3.38. The fraction of sp³-hybridized carbons (Fsp3) is 0.346. The molecule has 3 heterocycles. The van der Waals surface area contributed by atoms with Crippen molar-refractivity contribution in [1.82, 2.24) is 25.4 Å². The number of halogens is 1. The van der Waals surface area contributed by atoms with Crippen LogP contribution in [0.4, 0.5) is 10.1 Å². The first-order valence-electron chi connectivity index (χ1n) is 12.0. The van der Waals surface area contributed by atoms with Gasteiger partial charge < -0.3 is 26.1 Å². The molecule has 0 saturated carbocycles. The Morgan fingerprint density at radius 1 is 1.27 bits per heavy atom. The number of hydrogen-bond donors (Lipinski definition) is 4. The maximum atomic E-state index is 14.2. The first-order valence-corrected chi connectivity index (χ1v) is 12.0. The molecule has 37 heavy (non-hydrogen) atoms. The van der Waals surface area contributed by atoms with E-state index in [-0.39, 0.29) is 46.6 Å². The maximum absolute atomic E-state index is 14.2. The number of anilines is 1. The molecule has 0 spiro atoms. The highest BCUT2D eigenvalue weighted by Crippen LogP contribution is 2.26. The standard InChI is InChI=1S/C26H30FN7O3/c1-14(28)18-10-17(4-5-21(18)29)15(2)31-25(35)16-6-8-34(9-7-16)26(36)23-12-22(32-33-23)19-11-24(37-3)30-13-20(19)27/h4-5,10-13,15-16,28H,6-9,29H2,1-3H3,(H,31,35)(H,32,33). The number of nitrogens with two attached hydrogens (primary N) is 1. The van der Waals surface area contributed by atoms with Crippen LogP contribution in [0.25, 0.3) is 11.3 Å². The van der Waals surface area contributed by atoms with Gasteiger partial charge in [0.2, 0.25) is 11.8 Å². The molecular weight excluding hydrogens is 477 g/mol. The quantitative estimate of drug-likeness (QED) is 0.285. The van der Waals surface area contributed by atoms with Crippen molar-refractivity contribution in [2.45, 2.75) is 32.7 Å². The SMILES string of the molecule is COc1cc(-c2cc(C(=O)N3CCC(C(=O)NC(C)c4ccc(N)c(C(C)=N)c4)CC3)[nH]n2)c(F)cn1. The summed E-state index contributed by atoms with van der Waals surface area (Å²) in [4.78, 5) is 31.4. The van der Waals surface area contributed by atoms with Gasteiger partial charge in [0.25, 0.3) is 5.91 Å². The van der Waals surface area contributed by atoms with Crippen LogP contribution in [0.3, 0.4) is 0 Å². The number of hydrogen-bond acceptors (Lipinski definition) is 7. The number of benzene rings is 1. The number of carbonyl (C=O) groups is 2. The van der Waals surface area contributed by atoms with Crippen LogP contribution in [0.2, 0.25) is 0 Å². The van der Waals surface area contributed by atoms with Gasteiger partial charge in [-0.05, 0) is 50.5 Å². The average molecular weight is 508 g/mol. The van der Waals surface area contributed by atoms with Crippen molar-refractivity contribution in [3.63, 3.8) is 0 Å². The fourth-order valence-corrected chi connectivity index (χ4v) is 4.39. The lowest BCUT2D eigenvalue weighted by Crippen LogP contribution is -2.43. The number of aromatic nitrogens is 3. The first-order chi connectivity index (χ1) is 17.7. The number of nitrogens with one attached hydrogen (secondary N) is 3. The topological polar surface area (TPSA) is 150 Å². The number of pyridine rings is 1. The van der Waals surface area contributed by atoms with E-state index in [0.29, 0.717) is 42.9 Å². The van der Waals surface area contributed by atoms with Crippen molar-refractivity contribution in [3.8, 4) is 17.1 Å². The highest BCUT2D eigenvalue weighted by Gasteiger charge is 2.29. The molecule has 0 bridgehead atoms. The van der Waals surface area contributed by atoms with E-state index in [2.05, 4.69) is 20.5 Å². The molecule has 1 saturated heterocycles. The summed E-state index contributed by atoms with van der Waals surface area (Å²) in [5.41, 5.74) is 9.05. The van der Waals surface area contributed by atoms with Crippen molar-refractivity contribution in [3.05, 3.63) is 59.2 Å². The summed E-state index contributed by atoms with van der Waals surface area (Å²) in [7, 11) is 1.43. The van der Waals surface area contributed by atoms with E-state index in [0.717, 1.165) is 11.8 Å². The van der Waals surface area contributed by atoms with E-state index < -0.39 is 5.82 Å². The zero-order valence-electron chi connectivity index (χ0n) is 21.0. The second-order valence-electron chi connectivity index (χ2n) is 9.14. The molecule has 1 unspecified atom stereocenters. The molecule has 10 nitrogen and oxygen atoms in total. The van der Waals surface area contributed by atoms with Crippen molar-refractivity contribution < 1.29 is 18.7 Å². The number of likely N-dealkylation sites (tertiary alicyclic amines) is 1. The predicted octanol–water partition coefficient (Wildman–Crippen LogP) is 3.32. The molecule has 1 atom stereocenters. The number of piperidine rings is 1. The molecule has 0 radical (unpaired) electrons. The van der Waals surface area contributed by atoms with Gasteiger partial charge in [-0.15, -0.1) is 0 Å². The van der Waals surface area contributed by atoms with E-state index in [4.69, 9.17) is 15.9 Å². The number of amides is 2. The number of methoxy groups -OCH3 is 1. The molecule has 4 rings (SSSR count). The fourth-order valence-electron chi connectivity index (χ4n) is 4.39. The summed E-state index contributed by atoms with van der Waals surface area (Å²) in [6.07, 6.45) is 2.09. The van der Waals surface area contributed by atoms with Gasteiger partial charge in [0.15, 0.2) is 5.82 Å². The van der Waals surface area contributed by atoms with Crippen LogP contribution in [0, 0.1) is 17.1 Å². The van der Waals surface area contributed by atoms with E-state index in [1.54, 1.807) is 17.9 Å². The highest BCUT2D eigenvalue weighted by molar-refractivity contribution is 6.01. The second-order valence-corrected chi connectivity index (χ2v) is 9.14.